The summed E-state index contributed by atoms with van der Waals surface area (Å²) in [5.74, 6) is 0.999. The zero-order chi connectivity index (χ0) is 12.6. The summed E-state index contributed by atoms with van der Waals surface area (Å²) in [6.07, 6.45) is 0. The summed E-state index contributed by atoms with van der Waals surface area (Å²) < 4.78 is 5.96. The van der Waals surface area contributed by atoms with Gasteiger partial charge >= 0.3 is 0 Å². The molecule has 0 aliphatic rings. The van der Waals surface area contributed by atoms with Crippen molar-refractivity contribution < 1.29 is 4.42 Å². The lowest BCUT2D eigenvalue weighted by Crippen LogP contribution is -2.11. The Balaban J connectivity index is 2.66. The largest absolute Gasteiger partial charge is 0.459 e. The molecule has 2 nitrogen and oxygen atoms in total. The van der Waals surface area contributed by atoms with Gasteiger partial charge in [0.25, 0.3) is 0 Å². The van der Waals surface area contributed by atoms with Crippen LogP contribution in [-0.2, 0) is 12.0 Å². The maximum absolute atomic E-state index is 5.96. The summed E-state index contributed by atoms with van der Waals surface area (Å²) in [7, 11) is 1.93. The monoisotopic (exact) mass is 231 g/mol. The van der Waals surface area contributed by atoms with E-state index in [-0.39, 0.29) is 5.41 Å². The molecule has 0 fully saturated rings. The van der Waals surface area contributed by atoms with E-state index in [1.807, 2.05) is 7.05 Å². The number of hydrogen-bond donors (Lipinski definition) is 1. The Kier molecular flexibility index (Phi) is 3.00. The fourth-order valence-electron chi connectivity index (χ4n) is 2.17. The Morgan fingerprint density at radius 2 is 1.88 bits per heavy atom. The summed E-state index contributed by atoms with van der Waals surface area (Å²) in [6.45, 7) is 9.58. The lowest BCUT2D eigenvalue weighted by atomic mass is 9.85. The number of benzene rings is 1. The third-order valence-corrected chi connectivity index (χ3v) is 2.97. The third kappa shape index (κ3) is 2.37. The van der Waals surface area contributed by atoms with Crippen LogP contribution in [-0.4, -0.2) is 7.05 Å². The minimum absolute atomic E-state index is 0.110. The topological polar surface area (TPSA) is 25.2 Å². The first-order valence-electron chi connectivity index (χ1n) is 6.10. The molecule has 0 saturated heterocycles. The highest BCUT2D eigenvalue weighted by Crippen LogP contribution is 2.33. The molecule has 1 heterocycles. The molecule has 1 aromatic carbocycles. The highest BCUT2D eigenvalue weighted by molar-refractivity contribution is 5.83. The first kappa shape index (κ1) is 12.2. The number of aryl methyl sites for hydroxylation is 1. The number of furan rings is 1. The van der Waals surface area contributed by atoms with Crippen LogP contribution >= 0.6 is 0 Å². The van der Waals surface area contributed by atoms with Crippen LogP contribution in [0.15, 0.2) is 22.6 Å². The van der Waals surface area contributed by atoms with Gasteiger partial charge in [-0.2, -0.15) is 0 Å². The van der Waals surface area contributed by atoms with Crippen molar-refractivity contribution >= 4 is 11.0 Å². The van der Waals surface area contributed by atoms with Crippen molar-refractivity contribution in [3.05, 3.63) is 35.1 Å². The molecule has 17 heavy (non-hydrogen) atoms. The molecule has 0 amide bonds. The van der Waals surface area contributed by atoms with Crippen LogP contribution in [0.3, 0.4) is 0 Å². The van der Waals surface area contributed by atoms with Crippen molar-refractivity contribution in [1.29, 1.82) is 0 Å². The average molecular weight is 231 g/mol. The Bertz CT molecular complexity index is 532. The van der Waals surface area contributed by atoms with Crippen LogP contribution in [0.5, 0.6) is 0 Å². The van der Waals surface area contributed by atoms with Crippen molar-refractivity contribution in [3.8, 4) is 0 Å². The molecular weight excluding hydrogens is 210 g/mol. The maximum atomic E-state index is 5.96. The fourth-order valence-corrected chi connectivity index (χ4v) is 2.17. The standard InChI is InChI=1S/C15H21NO/c1-10-6-11-8-12(9-16-5)17-14(11)13(7-10)15(2,3)4/h6-8,16H,9H2,1-5H3. The minimum Gasteiger partial charge on any atom is -0.459 e. The first-order chi connectivity index (χ1) is 7.91. The molecule has 0 aliphatic carbocycles. The Hall–Kier alpha value is -1.28. The van der Waals surface area contributed by atoms with Crippen molar-refractivity contribution in [1.82, 2.24) is 5.32 Å². The molecule has 0 saturated carbocycles. The quantitative estimate of drug-likeness (QED) is 0.851. The smallest absolute Gasteiger partial charge is 0.138 e. The molecule has 1 N–H and O–H groups in total. The van der Waals surface area contributed by atoms with Crippen LogP contribution in [0, 0.1) is 6.92 Å². The maximum Gasteiger partial charge on any atom is 0.138 e. The third-order valence-electron chi connectivity index (χ3n) is 2.97. The van der Waals surface area contributed by atoms with E-state index in [9.17, 15) is 0 Å². The molecule has 2 aromatic rings. The van der Waals surface area contributed by atoms with E-state index in [1.165, 1.54) is 16.5 Å². The summed E-state index contributed by atoms with van der Waals surface area (Å²) >= 11 is 0. The lowest BCUT2D eigenvalue weighted by molar-refractivity contribution is 0.512. The summed E-state index contributed by atoms with van der Waals surface area (Å²) in [4.78, 5) is 0. The van der Waals surface area contributed by atoms with Crippen LogP contribution in [0.2, 0.25) is 0 Å². The summed E-state index contributed by atoms with van der Waals surface area (Å²) in [5, 5.41) is 4.33. The van der Waals surface area contributed by atoms with E-state index >= 15 is 0 Å². The second-order valence-electron chi connectivity index (χ2n) is 5.72. The lowest BCUT2D eigenvalue weighted by Gasteiger charge is -2.19. The summed E-state index contributed by atoms with van der Waals surface area (Å²) in [6, 6.07) is 6.55. The van der Waals surface area contributed by atoms with Gasteiger partial charge in [0.15, 0.2) is 0 Å². The van der Waals surface area contributed by atoms with Gasteiger partial charge in [-0.1, -0.05) is 26.8 Å². The molecule has 2 heteroatoms. The van der Waals surface area contributed by atoms with Crippen molar-refractivity contribution in [2.24, 2.45) is 0 Å². The highest BCUT2D eigenvalue weighted by atomic mass is 16.3. The summed E-state index contributed by atoms with van der Waals surface area (Å²) in [5.41, 5.74) is 3.72. The molecule has 92 valence electrons. The van der Waals surface area contributed by atoms with E-state index in [0.29, 0.717) is 0 Å². The SMILES string of the molecule is CNCc1cc2cc(C)cc(C(C)(C)C)c2o1. The Labute approximate surface area is 103 Å². The van der Waals surface area contributed by atoms with Gasteiger partial charge in [-0.15, -0.1) is 0 Å². The molecule has 0 radical (unpaired) electrons. The second kappa shape index (κ2) is 4.19. The van der Waals surface area contributed by atoms with Gasteiger partial charge in [0, 0.05) is 10.9 Å². The van der Waals surface area contributed by atoms with Crippen molar-refractivity contribution in [2.75, 3.05) is 7.05 Å². The van der Waals surface area contributed by atoms with Crippen molar-refractivity contribution in [3.63, 3.8) is 0 Å². The number of fused-ring (bicyclic) bond motifs is 1. The van der Waals surface area contributed by atoms with E-state index < -0.39 is 0 Å². The van der Waals surface area contributed by atoms with Gasteiger partial charge in [-0.3, -0.25) is 0 Å². The van der Waals surface area contributed by atoms with Gasteiger partial charge in [0.2, 0.25) is 0 Å². The van der Waals surface area contributed by atoms with Crippen molar-refractivity contribution in [2.45, 2.75) is 39.7 Å². The fraction of sp³-hybridized carbons (Fsp3) is 0.467. The van der Waals surface area contributed by atoms with Gasteiger partial charge in [0.1, 0.15) is 11.3 Å². The zero-order valence-electron chi connectivity index (χ0n) is 11.3. The first-order valence-corrected chi connectivity index (χ1v) is 6.10. The molecule has 0 aliphatic heterocycles. The Morgan fingerprint density at radius 1 is 1.18 bits per heavy atom. The van der Waals surface area contributed by atoms with Crippen LogP contribution in [0.1, 0.15) is 37.7 Å². The highest BCUT2D eigenvalue weighted by Gasteiger charge is 2.20. The molecule has 1 aromatic heterocycles. The van der Waals surface area contributed by atoms with Crippen LogP contribution in [0.4, 0.5) is 0 Å². The minimum atomic E-state index is 0.110. The molecular formula is C15H21NO. The van der Waals surface area contributed by atoms with E-state index in [4.69, 9.17) is 4.42 Å². The molecule has 0 bridgehead atoms. The molecule has 0 atom stereocenters. The van der Waals surface area contributed by atoms with Gasteiger partial charge < -0.3 is 9.73 Å². The van der Waals surface area contributed by atoms with Crippen LogP contribution in [0.25, 0.3) is 11.0 Å². The Morgan fingerprint density at radius 3 is 2.47 bits per heavy atom. The normalized spacial score (nSPS) is 12.3. The number of rotatable bonds is 2. The predicted octanol–water partition coefficient (Wildman–Crippen LogP) is 3.76. The second-order valence-corrected chi connectivity index (χ2v) is 5.72. The number of hydrogen-bond acceptors (Lipinski definition) is 2. The predicted molar refractivity (Wildman–Crippen MR) is 72.4 cm³/mol. The number of nitrogens with one attached hydrogen (secondary N) is 1. The van der Waals surface area contributed by atoms with Gasteiger partial charge in [-0.05, 0) is 37.1 Å². The zero-order valence-corrected chi connectivity index (χ0v) is 11.3. The van der Waals surface area contributed by atoms with E-state index in [2.05, 4.69) is 51.2 Å². The van der Waals surface area contributed by atoms with Crippen LogP contribution < -0.4 is 5.32 Å². The molecule has 0 unspecified atom stereocenters. The van der Waals surface area contributed by atoms with Gasteiger partial charge in [0.05, 0.1) is 6.54 Å². The average Bonchev–Trinajstić information content (AvgIpc) is 2.57. The molecule has 2 rings (SSSR count). The van der Waals surface area contributed by atoms with E-state index in [0.717, 1.165) is 17.9 Å². The van der Waals surface area contributed by atoms with E-state index in [1.54, 1.807) is 0 Å². The van der Waals surface area contributed by atoms with Gasteiger partial charge in [-0.25, -0.2) is 0 Å². The molecule has 0 spiro atoms.